The van der Waals surface area contributed by atoms with E-state index in [0.29, 0.717) is 21.6 Å². The zero-order chi connectivity index (χ0) is 24.7. The van der Waals surface area contributed by atoms with Gasteiger partial charge in [0.15, 0.2) is 0 Å². The molecule has 0 aliphatic carbocycles. The highest BCUT2D eigenvalue weighted by atomic mass is 35.5. The molecule has 8 nitrogen and oxygen atoms in total. The second-order valence-electron chi connectivity index (χ2n) is 7.88. The molecular weight excluding hydrogens is 475 g/mol. The number of benzene rings is 1. The number of nitrogens with zero attached hydrogens (tertiary/aromatic N) is 2. The largest absolute Gasteiger partial charge is 0.384 e. The van der Waals surface area contributed by atoms with E-state index in [2.05, 4.69) is 20.6 Å². The number of carbonyl (C=O) groups excluding carboxylic acids is 2. The van der Waals surface area contributed by atoms with Gasteiger partial charge in [-0.2, -0.15) is 0 Å². The Morgan fingerprint density at radius 2 is 1.82 bits per heavy atom. The maximum absolute atomic E-state index is 13.1. The molecule has 0 aliphatic rings. The van der Waals surface area contributed by atoms with E-state index >= 15 is 0 Å². The Balaban J connectivity index is 1.72. The van der Waals surface area contributed by atoms with Crippen LogP contribution in [-0.4, -0.2) is 33.9 Å². The average Bonchev–Trinajstić information content (AvgIpc) is 2.80. The van der Waals surface area contributed by atoms with Gasteiger partial charge in [-0.25, -0.2) is 4.98 Å². The molecule has 1 aromatic carbocycles. The van der Waals surface area contributed by atoms with Crippen molar-refractivity contribution in [3.05, 3.63) is 87.3 Å². The highest BCUT2D eigenvalue weighted by molar-refractivity contribution is 6.42. The molecule has 6 N–H and O–H groups in total. The summed E-state index contributed by atoms with van der Waals surface area (Å²) in [6.07, 6.45) is 3.78. The highest BCUT2D eigenvalue weighted by Crippen LogP contribution is 2.23. The molecule has 2 atom stereocenters. The SMILES string of the molecule is Cc1nc(N)ccc1CNC(=O)[C@@H](Cc1ccc(Cl)c(Cl)c1)NC(=O)[C@@H](N)Cc1cccnc1. The van der Waals surface area contributed by atoms with Crippen molar-refractivity contribution < 1.29 is 9.59 Å². The Hall–Kier alpha value is -3.20. The summed E-state index contributed by atoms with van der Waals surface area (Å²) in [6, 6.07) is 10.4. The van der Waals surface area contributed by atoms with Gasteiger partial charge in [-0.05, 0) is 54.3 Å². The summed E-state index contributed by atoms with van der Waals surface area (Å²) in [4.78, 5) is 34.2. The summed E-state index contributed by atoms with van der Waals surface area (Å²) in [7, 11) is 0. The highest BCUT2D eigenvalue weighted by Gasteiger charge is 2.25. The first-order valence-corrected chi connectivity index (χ1v) is 11.4. The van der Waals surface area contributed by atoms with Gasteiger partial charge in [0, 0.05) is 31.1 Å². The molecule has 0 bridgehead atoms. The smallest absolute Gasteiger partial charge is 0.243 e. The van der Waals surface area contributed by atoms with Crippen LogP contribution in [-0.2, 0) is 29.0 Å². The average molecular weight is 501 g/mol. The standard InChI is InChI=1S/C24H26Cl2N6O2/c1-14-17(5-7-22(28)31-14)13-30-24(34)21(11-15-4-6-18(25)19(26)9-15)32-23(33)20(27)10-16-3-2-8-29-12-16/h2-9,12,20-21H,10-11,13,27H2,1H3,(H2,28,31)(H,30,34)(H,32,33)/t20-,21+/m0/s1. The first-order valence-electron chi connectivity index (χ1n) is 10.6. The van der Waals surface area contributed by atoms with Gasteiger partial charge in [-0.1, -0.05) is 41.4 Å². The van der Waals surface area contributed by atoms with Crippen LogP contribution >= 0.6 is 23.2 Å². The lowest BCUT2D eigenvalue weighted by Crippen LogP contribution is -2.53. The van der Waals surface area contributed by atoms with E-state index in [9.17, 15) is 9.59 Å². The molecule has 0 fully saturated rings. The van der Waals surface area contributed by atoms with Crippen molar-refractivity contribution in [2.45, 2.75) is 38.4 Å². The molecule has 2 amide bonds. The summed E-state index contributed by atoms with van der Waals surface area (Å²) >= 11 is 12.1. The molecule has 3 rings (SSSR count). The Kier molecular flexibility index (Phi) is 8.81. The number of halogens is 2. The van der Waals surface area contributed by atoms with Gasteiger partial charge in [0.25, 0.3) is 0 Å². The van der Waals surface area contributed by atoms with E-state index in [1.165, 1.54) is 0 Å². The maximum Gasteiger partial charge on any atom is 0.243 e. The summed E-state index contributed by atoms with van der Waals surface area (Å²) in [6.45, 7) is 2.04. The zero-order valence-electron chi connectivity index (χ0n) is 18.6. The lowest BCUT2D eigenvalue weighted by molar-refractivity contribution is -0.129. The minimum Gasteiger partial charge on any atom is -0.384 e. The number of amides is 2. The van der Waals surface area contributed by atoms with Gasteiger partial charge in [0.2, 0.25) is 11.8 Å². The predicted molar refractivity (Wildman–Crippen MR) is 133 cm³/mol. The summed E-state index contributed by atoms with van der Waals surface area (Å²) < 4.78 is 0. The molecule has 0 saturated heterocycles. The van der Waals surface area contributed by atoms with Crippen molar-refractivity contribution >= 4 is 40.8 Å². The number of aryl methyl sites for hydroxylation is 1. The Morgan fingerprint density at radius 1 is 1.03 bits per heavy atom. The number of pyridine rings is 2. The van der Waals surface area contributed by atoms with Gasteiger partial charge < -0.3 is 22.1 Å². The van der Waals surface area contributed by atoms with Crippen LogP contribution in [0.1, 0.15) is 22.4 Å². The summed E-state index contributed by atoms with van der Waals surface area (Å²) in [5.74, 6) is -0.418. The van der Waals surface area contributed by atoms with Crippen molar-refractivity contribution in [2.24, 2.45) is 5.73 Å². The number of nitrogens with two attached hydrogens (primary N) is 2. The molecule has 2 aromatic heterocycles. The number of anilines is 1. The normalized spacial score (nSPS) is 12.6. The molecule has 10 heteroatoms. The maximum atomic E-state index is 13.1. The molecule has 3 aromatic rings. The fourth-order valence-electron chi connectivity index (χ4n) is 3.36. The van der Waals surface area contributed by atoms with Crippen LogP contribution in [0.4, 0.5) is 5.82 Å². The second-order valence-corrected chi connectivity index (χ2v) is 8.70. The lowest BCUT2D eigenvalue weighted by Gasteiger charge is -2.21. The van der Waals surface area contributed by atoms with Crippen LogP contribution in [0.2, 0.25) is 10.0 Å². The molecule has 0 saturated carbocycles. The minimum atomic E-state index is -0.883. The molecule has 0 aliphatic heterocycles. The van der Waals surface area contributed by atoms with Crippen LogP contribution in [0.15, 0.2) is 54.9 Å². The van der Waals surface area contributed by atoms with Crippen LogP contribution < -0.4 is 22.1 Å². The minimum absolute atomic E-state index is 0.201. The lowest BCUT2D eigenvalue weighted by atomic mass is 10.0. The molecule has 0 unspecified atom stereocenters. The topological polar surface area (TPSA) is 136 Å². The van der Waals surface area contributed by atoms with Crippen LogP contribution in [0, 0.1) is 6.92 Å². The van der Waals surface area contributed by atoms with Gasteiger partial charge >= 0.3 is 0 Å². The molecule has 0 radical (unpaired) electrons. The molecule has 2 heterocycles. The summed E-state index contributed by atoms with van der Waals surface area (Å²) in [5, 5.41) is 6.39. The first kappa shape index (κ1) is 25.4. The van der Waals surface area contributed by atoms with Crippen molar-refractivity contribution in [2.75, 3.05) is 5.73 Å². The van der Waals surface area contributed by atoms with E-state index < -0.39 is 18.0 Å². The molecular formula is C24H26Cl2N6O2. The number of aromatic nitrogens is 2. The number of nitrogen functional groups attached to an aromatic ring is 1. The monoisotopic (exact) mass is 500 g/mol. The van der Waals surface area contributed by atoms with E-state index in [1.807, 2.05) is 13.0 Å². The first-order chi connectivity index (χ1) is 16.2. The zero-order valence-corrected chi connectivity index (χ0v) is 20.1. The number of hydrogen-bond donors (Lipinski definition) is 4. The van der Waals surface area contributed by atoms with Gasteiger partial charge in [-0.3, -0.25) is 14.6 Å². The van der Waals surface area contributed by atoms with Gasteiger partial charge in [0.1, 0.15) is 11.9 Å². The Bertz CT molecular complexity index is 1160. The molecule has 0 spiro atoms. The fraction of sp³-hybridized carbons (Fsp3) is 0.250. The van der Waals surface area contributed by atoms with Crippen LogP contribution in [0.25, 0.3) is 0 Å². The van der Waals surface area contributed by atoms with Crippen molar-refractivity contribution in [1.29, 1.82) is 0 Å². The van der Waals surface area contributed by atoms with Gasteiger partial charge in [0.05, 0.1) is 16.1 Å². The third-order valence-electron chi connectivity index (χ3n) is 5.24. The molecule has 178 valence electrons. The van der Waals surface area contributed by atoms with E-state index in [1.54, 1.807) is 48.8 Å². The number of carbonyl (C=O) groups is 2. The number of rotatable bonds is 9. The number of nitrogens with one attached hydrogen (secondary N) is 2. The predicted octanol–water partition coefficient (Wildman–Crippen LogP) is 2.59. The molecule has 34 heavy (non-hydrogen) atoms. The van der Waals surface area contributed by atoms with E-state index in [4.69, 9.17) is 34.7 Å². The van der Waals surface area contributed by atoms with Crippen molar-refractivity contribution in [1.82, 2.24) is 20.6 Å². The third kappa shape index (κ3) is 7.15. The second kappa shape index (κ2) is 11.8. The Morgan fingerprint density at radius 3 is 2.50 bits per heavy atom. The third-order valence-corrected chi connectivity index (χ3v) is 5.98. The summed E-state index contributed by atoms with van der Waals surface area (Å²) in [5.41, 5.74) is 14.9. The quantitative estimate of drug-likeness (QED) is 0.356. The van der Waals surface area contributed by atoms with Crippen molar-refractivity contribution in [3.63, 3.8) is 0 Å². The van der Waals surface area contributed by atoms with E-state index in [0.717, 1.165) is 16.7 Å². The number of hydrogen-bond acceptors (Lipinski definition) is 6. The van der Waals surface area contributed by atoms with Gasteiger partial charge in [-0.15, -0.1) is 0 Å². The Labute approximate surface area is 208 Å². The van der Waals surface area contributed by atoms with Crippen LogP contribution in [0.3, 0.4) is 0 Å². The van der Waals surface area contributed by atoms with Crippen LogP contribution in [0.5, 0.6) is 0 Å². The van der Waals surface area contributed by atoms with E-state index in [-0.39, 0.29) is 25.3 Å². The fourth-order valence-corrected chi connectivity index (χ4v) is 3.68. The van der Waals surface area contributed by atoms with Crippen molar-refractivity contribution in [3.8, 4) is 0 Å².